The molecule has 98 valence electrons. The van der Waals surface area contributed by atoms with Gasteiger partial charge in [-0.3, -0.25) is 9.59 Å². The van der Waals surface area contributed by atoms with Gasteiger partial charge in [0.1, 0.15) is 18.3 Å². The summed E-state index contributed by atoms with van der Waals surface area (Å²) in [6, 6.07) is -0.957. The van der Waals surface area contributed by atoms with E-state index in [0.29, 0.717) is 0 Å². The van der Waals surface area contributed by atoms with Gasteiger partial charge in [0.2, 0.25) is 5.91 Å². The van der Waals surface area contributed by atoms with E-state index in [9.17, 15) is 24.9 Å². The summed E-state index contributed by atoms with van der Waals surface area (Å²) in [5.74, 6) is -1.08. The van der Waals surface area contributed by atoms with E-state index < -0.39 is 42.5 Å². The van der Waals surface area contributed by atoms with E-state index in [1.807, 2.05) is 0 Å². The Hall–Kier alpha value is -1.18. The number of hydrogen-bond donors (Lipinski definition) is 3. The minimum atomic E-state index is -1.49. The lowest BCUT2D eigenvalue weighted by atomic mass is 10.1. The molecule has 0 aromatic heterocycles. The first-order chi connectivity index (χ1) is 7.77. The first-order valence-electron chi connectivity index (χ1n) is 5.27. The number of ether oxygens (including phenoxy) is 1. The smallest absolute Gasteiger partial charge is 0.302 e. The lowest BCUT2D eigenvalue weighted by molar-refractivity contribution is -0.157. The predicted molar refractivity (Wildman–Crippen MR) is 55.6 cm³/mol. The first kappa shape index (κ1) is 13.9. The molecule has 0 bridgehead atoms. The zero-order valence-corrected chi connectivity index (χ0v) is 9.90. The average Bonchev–Trinajstić information content (AvgIpc) is 2.41. The van der Waals surface area contributed by atoms with E-state index in [1.54, 1.807) is 0 Å². The third-order valence-corrected chi connectivity index (χ3v) is 2.81. The van der Waals surface area contributed by atoms with Crippen LogP contribution in [0.5, 0.6) is 0 Å². The Kier molecular flexibility index (Phi) is 4.07. The Labute approximate surface area is 98.6 Å². The minimum Gasteiger partial charge on any atom is -0.461 e. The molecule has 0 aromatic carbocycles. The summed E-state index contributed by atoms with van der Waals surface area (Å²) in [5.41, 5.74) is 0. The van der Waals surface area contributed by atoms with Crippen LogP contribution in [-0.2, 0) is 14.3 Å². The van der Waals surface area contributed by atoms with Gasteiger partial charge >= 0.3 is 5.97 Å². The van der Waals surface area contributed by atoms with Crippen LogP contribution in [0.25, 0.3) is 0 Å². The molecule has 1 saturated heterocycles. The van der Waals surface area contributed by atoms with Crippen molar-refractivity contribution >= 4 is 11.9 Å². The molecule has 1 unspecified atom stereocenters. The topological polar surface area (TPSA) is 107 Å². The van der Waals surface area contributed by atoms with E-state index in [0.717, 1.165) is 4.90 Å². The summed E-state index contributed by atoms with van der Waals surface area (Å²) in [5, 5.41) is 28.8. The van der Waals surface area contributed by atoms with Crippen LogP contribution in [0.2, 0.25) is 0 Å². The molecule has 0 aromatic rings. The number of likely N-dealkylation sites (tertiary alicyclic amines) is 1. The van der Waals surface area contributed by atoms with E-state index >= 15 is 0 Å². The zero-order valence-electron chi connectivity index (χ0n) is 9.90. The number of carbonyl (C=O) groups is 2. The van der Waals surface area contributed by atoms with Crippen LogP contribution in [-0.4, -0.2) is 62.7 Å². The van der Waals surface area contributed by atoms with E-state index in [1.165, 1.54) is 20.8 Å². The van der Waals surface area contributed by atoms with Crippen LogP contribution in [0.15, 0.2) is 0 Å². The summed E-state index contributed by atoms with van der Waals surface area (Å²) in [4.78, 5) is 23.1. The molecule has 1 aliphatic heterocycles. The monoisotopic (exact) mass is 247 g/mol. The number of nitrogens with zero attached hydrogens (tertiary/aromatic N) is 1. The SMILES string of the molecule is CC(=O)O[C@H](C)[C@@H]1[C@H](O)[C@H](O)C(O)N1C(C)=O. The summed E-state index contributed by atoms with van der Waals surface area (Å²) in [6.07, 6.45) is -5.14. The number of aliphatic hydroxyl groups is 3. The maximum atomic E-state index is 11.4. The van der Waals surface area contributed by atoms with E-state index in [4.69, 9.17) is 4.74 Å². The highest BCUT2D eigenvalue weighted by atomic mass is 16.5. The molecule has 1 heterocycles. The third-order valence-electron chi connectivity index (χ3n) is 2.81. The minimum absolute atomic E-state index is 0.517. The molecule has 7 nitrogen and oxygen atoms in total. The van der Waals surface area contributed by atoms with E-state index in [2.05, 4.69) is 0 Å². The number of amides is 1. The average molecular weight is 247 g/mol. The number of aliphatic hydroxyl groups excluding tert-OH is 3. The lowest BCUT2D eigenvalue weighted by Gasteiger charge is -2.30. The second-order valence-electron chi connectivity index (χ2n) is 4.13. The Bertz CT molecular complexity index is 320. The molecular formula is C10H17NO6. The fourth-order valence-corrected chi connectivity index (χ4v) is 2.12. The standard InChI is InChI=1S/C10H17NO6/c1-4(17-6(3)13)7-8(14)9(15)10(16)11(7)5(2)12/h4,7-10,14-16H,1-3H3/t4-,7-,8+,9+,10?/m1/s1. The Morgan fingerprint density at radius 3 is 2.12 bits per heavy atom. The fourth-order valence-electron chi connectivity index (χ4n) is 2.12. The van der Waals surface area contributed by atoms with Crippen molar-refractivity contribution < 1.29 is 29.6 Å². The highest BCUT2D eigenvalue weighted by Gasteiger charge is 2.51. The number of rotatable bonds is 2. The largest absolute Gasteiger partial charge is 0.461 e. The normalized spacial score (nSPS) is 34.6. The zero-order chi connectivity index (χ0) is 13.3. The van der Waals surface area contributed by atoms with Crippen molar-refractivity contribution in [1.29, 1.82) is 0 Å². The van der Waals surface area contributed by atoms with Crippen molar-refractivity contribution in [2.75, 3.05) is 0 Å². The molecule has 3 N–H and O–H groups in total. The molecule has 0 spiro atoms. The van der Waals surface area contributed by atoms with Gasteiger partial charge in [-0.15, -0.1) is 0 Å². The van der Waals surface area contributed by atoms with Crippen LogP contribution in [0.4, 0.5) is 0 Å². The van der Waals surface area contributed by atoms with Gasteiger partial charge in [0, 0.05) is 13.8 Å². The maximum Gasteiger partial charge on any atom is 0.302 e. The summed E-state index contributed by atoms with van der Waals surface area (Å²) in [6.45, 7) is 3.88. The predicted octanol–water partition coefficient (Wildman–Crippen LogP) is -1.79. The second kappa shape index (κ2) is 4.99. The lowest BCUT2D eigenvalue weighted by Crippen LogP contribution is -2.49. The van der Waals surface area contributed by atoms with Crippen molar-refractivity contribution in [2.24, 2.45) is 0 Å². The van der Waals surface area contributed by atoms with Crippen molar-refractivity contribution in [3.63, 3.8) is 0 Å². The number of carbonyl (C=O) groups excluding carboxylic acids is 2. The van der Waals surface area contributed by atoms with Crippen molar-refractivity contribution in [3.8, 4) is 0 Å². The van der Waals surface area contributed by atoms with Gasteiger partial charge in [0.25, 0.3) is 0 Å². The van der Waals surface area contributed by atoms with Crippen molar-refractivity contribution in [3.05, 3.63) is 0 Å². The van der Waals surface area contributed by atoms with Crippen LogP contribution in [0.3, 0.4) is 0 Å². The molecular weight excluding hydrogens is 230 g/mol. The third kappa shape index (κ3) is 2.56. The van der Waals surface area contributed by atoms with Gasteiger partial charge in [-0.25, -0.2) is 0 Å². The van der Waals surface area contributed by atoms with Crippen molar-refractivity contribution in [1.82, 2.24) is 4.90 Å². The summed E-state index contributed by atoms with van der Waals surface area (Å²) >= 11 is 0. The van der Waals surface area contributed by atoms with Crippen LogP contribution in [0, 0.1) is 0 Å². The van der Waals surface area contributed by atoms with Gasteiger partial charge in [-0.05, 0) is 6.92 Å². The molecule has 0 radical (unpaired) electrons. The molecule has 1 rings (SSSR count). The highest BCUT2D eigenvalue weighted by molar-refractivity contribution is 5.74. The molecule has 5 atom stereocenters. The molecule has 1 fully saturated rings. The Morgan fingerprint density at radius 2 is 1.71 bits per heavy atom. The number of esters is 1. The molecule has 1 amide bonds. The fraction of sp³-hybridized carbons (Fsp3) is 0.800. The van der Waals surface area contributed by atoms with Gasteiger partial charge in [0.05, 0.1) is 6.04 Å². The van der Waals surface area contributed by atoms with E-state index in [-0.39, 0.29) is 0 Å². The Balaban J connectivity index is 2.93. The van der Waals surface area contributed by atoms with Gasteiger partial charge in [-0.1, -0.05) is 0 Å². The summed E-state index contributed by atoms with van der Waals surface area (Å²) in [7, 11) is 0. The van der Waals surface area contributed by atoms with Crippen LogP contribution >= 0.6 is 0 Å². The second-order valence-corrected chi connectivity index (χ2v) is 4.13. The van der Waals surface area contributed by atoms with Gasteiger partial charge in [0.15, 0.2) is 6.23 Å². The number of hydrogen-bond acceptors (Lipinski definition) is 6. The van der Waals surface area contributed by atoms with Crippen LogP contribution in [0.1, 0.15) is 20.8 Å². The Morgan fingerprint density at radius 1 is 1.18 bits per heavy atom. The molecule has 0 saturated carbocycles. The van der Waals surface area contributed by atoms with Crippen molar-refractivity contribution in [2.45, 2.75) is 51.4 Å². The molecule has 17 heavy (non-hydrogen) atoms. The van der Waals surface area contributed by atoms with Gasteiger partial charge in [-0.2, -0.15) is 0 Å². The molecule has 0 aliphatic carbocycles. The van der Waals surface area contributed by atoms with Gasteiger partial charge < -0.3 is 25.0 Å². The first-order valence-corrected chi connectivity index (χ1v) is 5.27. The quantitative estimate of drug-likeness (QED) is 0.497. The van der Waals surface area contributed by atoms with Crippen LogP contribution < -0.4 is 0 Å². The maximum absolute atomic E-state index is 11.4. The summed E-state index contributed by atoms with van der Waals surface area (Å²) < 4.78 is 4.87. The molecule has 1 aliphatic rings. The molecule has 7 heteroatoms. The highest BCUT2D eigenvalue weighted by Crippen LogP contribution is 2.27.